The zero-order valence-electron chi connectivity index (χ0n) is 12.3. The molecule has 0 aliphatic carbocycles. The van der Waals surface area contributed by atoms with Gasteiger partial charge in [-0.05, 0) is 24.7 Å². The molecular weight excluding hydrogens is 297 g/mol. The fourth-order valence-corrected chi connectivity index (χ4v) is 2.64. The Morgan fingerprint density at radius 2 is 1.82 bits per heavy atom. The van der Waals surface area contributed by atoms with Crippen LogP contribution in [-0.4, -0.2) is 35.7 Å². The van der Waals surface area contributed by atoms with E-state index in [-0.39, 0.29) is 17.7 Å². The number of nitrogens with zero attached hydrogens (tertiary/aromatic N) is 1. The summed E-state index contributed by atoms with van der Waals surface area (Å²) in [4.78, 5) is 13.6. The molecule has 2 amide bonds. The number of hydrogen-bond acceptors (Lipinski definition) is 2. The molecule has 1 aliphatic heterocycles. The molecule has 1 fully saturated rings. The molecule has 22 heavy (non-hydrogen) atoms. The number of anilines is 1. The Morgan fingerprint density at radius 1 is 1.27 bits per heavy atom. The SMILES string of the molecule is CCC1(CO)CCN(C(=O)Nc2cc(F)c(F)c(F)c2)CC1. The maximum Gasteiger partial charge on any atom is 0.321 e. The van der Waals surface area contributed by atoms with Crippen molar-refractivity contribution >= 4 is 11.7 Å². The molecule has 1 aromatic carbocycles. The van der Waals surface area contributed by atoms with Gasteiger partial charge < -0.3 is 15.3 Å². The minimum absolute atomic E-state index is 0.0767. The molecule has 1 heterocycles. The van der Waals surface area contributed by atoms with Crippen LogP contribution in [-0.2, 0) is 0 Å². The maximum absolute atomic E-state index is 13.1. The third kappa shape index (κ3) is 3.35. The van der Waals surface area contributed by atoms with Gasteiger partial charge in [0.25, 0.3) is 0 Å². The Morgan fingerprint density at radius 3 is 2.27 bits per heavy atom. The lowest BCUT2D eigenvalue weighted by molar-refractivity contribution is 0.0542. The molecule has 2 rings (SSSR count). The van der Waals surface area contributed by atoms with Gasteiger partial charge in [-0.1, -0.05) is 6.92 Å². The number of halogens is 3. The standard InChI is InChI=1S/C15H19F3N2O2/c1-2-15(9-21)3-5-20(6-4-15)14(22)19-10-7-11(16)13(18)12(17)8-10/h7-8,21H,2-6,9H2,1H3,(H,19,22). The van der Waals surface area contributed by atoms with Crippen molar-refractivity contribution < 1.29 is 23.1 Å². The number of likely N-dealkylation sites (tertiary alicyclic amines) is 1. The van der Waals surface area contributed by atoms with E-state index >= 15 is 0 Å². The summed E-state index contributed by atoms with van der Waals surface area (Å²) in [6.07, 6.45) is 2.16. The van der Waals surface area contributed by atoms with Crippen molar-refractivity contribution in [3.05, 3.63) is 29.6 Å². The van der Waals surface area contributed by atoms with E-state index in [1.54, 1.807) is 0 Å². The highest BCUT2D eigenvalue weighted by atomic mass is 19.2. The van der Waals surface area contributed by atoms with Crippen molar-refractivity contribution in [2.45, 2.75) is 26.2 Å². The van der Waals surface area contributed by atoms with Gasteiger partial charge in [0.05, 0.1) is 0 Å². The van der Waals surface area contributed by atoms with Crippen LogP contribution in [0.1, 0.15) is 26.2 Å². The van der Waals surface area contributed by atoms with Crippen molar-refractivity contribution in [1.29, 1.82) is 0 Å². The largest absolute Gasteiger partial charge is 0.396 e. The average Bonchev–Trinajstić information content (AvgIpc) is 2.52. The number of hydrogen-bond donors (Lipinski definition) is 2. The fourth-order valence-electron chi connectivity index (χ4n) is 2.64. The van der Waals surface area contributed by atoms with E-state index in [4.69, 9.17) is 0 Å². The van der Waals surface area contributed by atoms with Gasteiger partial charge in [0.2, 0.25) is 0 Å². The van der Waals surface area contributed by atoms with Crippen molar-refractivity contribution in [2.75, 3.05) is 25.0 Å². The number of piperidine rings is 1. The summed E-state index contributed by atoms with van der Waals surface area (Å²) >= 11 is 0. The smallest absolute Gasteiger partial charge is 0.321 e. The van der Waals surface area contributed by atoms with Crippen LogP contribution in [0.3, 0.4) is 0 Å². The summed E-state index contributed by atoms with van der Waals surface area (Å²) in [5.74, 6) is -4.26. The Balaban J connectivity index is 1.99. The van der Waals surface area contributed by atoms with Crippen LogP contribution in [0.5, 0.6) is 0 Å². The Bertz CT molecular complexity index is 529. The van der Waals surface area contributed by atoms with Gasteiger partial charge in [0, 0.05) is 37.5 Å². The predicted molar refractivity (Wildman–Crippen MR) is 76.0 cm³/mol. The number of benzene rings is 1. The second-order valence-corrected chi connectivity index (χ2v) is 5.68. The molecule has 0 aromatic heterocycles. The van der Waals surface area contributed by atoms with Crippen LogP contribution < -0.4 is 5.32 Å². The number of urea groups is 1. The highest BCUT2D eigenvalue weighted by Gasteiger charge is 2.33. The van der Waals surface area contributed by atoms with E-state index in [0.717, 1.165) is 18.6 Å². The van der Waals surface area contributed by atoms with E-state index in [9.17, 15) is 23.1 Å². The molecule has 2 N–H and O–H groups in total. The van der Waals surface area contributed by atoms with Crippen LogP contribution in [0.15, 0.2) is 12.1 Å². The van der Waals surface area contributed by atoms with E-state index < -0.39 is 23.5 Å². The molecule has 0 saturated carbocycles. The third-order valence-electron chi connectivity index (χ3n) is 4.43. The van der Waals surface area contributed by atoms with Crippen molar-refractivity contribution in [3.8, 4) is 0 Å². The Kier molecular flexibility index (Phi) is 4.95. The second-order valence-electron chi connectivity index (χ2n) is 5.68. The molecule has 1 aliphatic rings. The molecule has 1 aromatic rings. The van der Waals surface area contributed by atoms with Crippen molar-refractivity contribution in [3.63, 3.8) is 0 Å². The predicted octanol–water partition coefficient (Wildman–Crippen LogP) is 3.12. The van der Waals surface area contributed by atoms with Crippen LogP contribution in [0.25, 0.3) is 0 Å². The quantitative estimate of drug-likeness (QED) is 0.842. The highest BCUT2D eigenvalue weighted by molar-refractivity contribution is 5.89. The first kappa shape index (κ1) is 16.6. The lowest BCUT2D eigenvalue weighted by Gasteiger charge is -2.40. The summed E-state index contributed by atoms with van der Waals surface area (Å²) in [6, 6.07) is 0.988. The van der Waals surface area contributed by atoms with Gasteiger partial charge in [0.1, 0.15) is 0 Å². The van der Waals surface area contributed by atoms with Gasteiger partial charge in [-0.2, -0.15) is 0 Å². The molecule has 0 bridgehead atoms. The first-order valence-corrected chi connectivity index (χ1v) is 7.22. The fraction of sp³-hybridized carbons (Fsp3) is 0.533. The molecule has 0 spiro atoms. The molecule has 0 radical (unpaired) electrons. The topological polar surface area (TPSA) is 52.6 Å². The minimum atomic E-state index is -1.56. The monoisotopic (exact) mass is 316 g/mol. The highest BCUT2D eigenvalue weighted by Crippen LogP contribution is 2.34. The number of nitrogens with one attached hydrogen (secondary N) is 1. The molecular formula is C15H19F3N2O2. The summed E-state index contributed by atoms with van der Waals surface area (Å²) < 4.78 is 39.1. The van der Waals surface area contributed by atoms with Gasteiger partial charge in [-0.3, -0.25) is 0 Å². The van der Waals surface area contributed by atoms with Gasteiger partial charge in [0.15, 0.2) is 17.5 Å². The molecule has 4 nitrogen and oxygen atoms in total. The van der Waals surface area contributed by atoms with E-state index in [1.807, 2.05) is 6.92 Å². The Labute approximate surface area is 126 Å². The van der Waals surface area contributed by atoms with Crippen LogP contribution in [0, 0.1) is 22.9 Å². The normalized spacial score (nSPS) is 17.4. The van der Waals surface area contributed by atoms with E-state index in [0.29, 0.717) is 25.9 Å². The van der Waals surface area contributed by atoms with Gasteiger partial charge in [-0.25, -0.2) is 18.0 Å². The first-order valence-electron chi connectivity index (χ1n) is 7.22. The van der Waals surface area contributed by atoms with Crippen molar-refractivity contribution in [2.24, 2.45) is 5.41 Å². The summed E-state index contributed by atoms with van der Waals surface area (Å²) in [5, 5.41) is 11.8. The zero-order chi connectivity index (χ0) is 16.3. The second kappa shape index (κ2) is 6.56. The molecule has 0 unspecified atom stereocenters. The molecule has 0 atom stereocenters. The third-order valence-corrected chi connectivity index (χ3v) is 4.43. The number of rotatable bonds is 3. The molecule has 122 valence electrons. The number of carbonyl (C=O) groups is 1. The number of aliphatic hydroxyl groups excluding tert-OH is 1. The lowest BCUT2D eigenvalue weighted by atomic mass is 9.77. The lowest BCUT2D eigenvalue weighted by Crippen LogP contribution is -2.46. The van der Waals surface area contributed by atoms with Crippen LogP contribution >= 0.6 is 0 Å². The molecule has 1 saturated heterocycles. The van der Waals surface area contributed by atoms with E-state index in [2.05, 4.69) is 5.32 Å². The summed E-state index contributed by atoms with van der Waals surface area (Å²) in [6.45, 7) is 2.97. The number of aliphatic hydroxyl groups is 1. The summed E-state index contributed by atoms with van der Waals surface area (Å²) in [5.41, 5.74) is -0.291. The van der Waals surface area contributed by atoms with Crippen LogP contribution in [0.4, 0.5) is 23.7 Å². The van der Waals surface area contributed by atoms with Gasteiger partial charge in [-0.15, -0.1) is 0 Å². The average molecular weight is 316 g/mol. The number of amides is 2. The maximum atomic E-state index is 13.1. The van der Waals surface area contributed by atoms with Crippen molar-refractivity contribution in [1.82, 2.24) is 4.90 Å². The molecule has 7 heteroatoms. The Hall–Kier alpha value is -1.76. The summed E-state index contributed by atoms with van der Waals surface area (Å²) in [7, 11) is 0. The minimum Gasteiger partial charge on any atom is -0.396 e. The van der Waals surface area contributed by atoms with E-state index in [1.165, 1.54) is 4.90 Å². The van der Waals surface area contributed by atoms with Crippen LogP contribution in [0.2, 0.25) is 0 Å². The number of carbonyl (C=O) groups excluding carboxylic acids is 1. The van der Waals surface area contributed by atoms with Gasteiger partial charge >= 0.3 is 6.03 Å². The first-order chi connectivity index (χ1) is 10.4. The zero-order valence-corrected chi connectivity index (χ0v) is 12.3.